The second-order valence-corrected chi connectivity index (χ2v) is 3.05. The lowest BCUT2D eigenvalue weighted by atomic mass is 10.0. The molecule has 0 aromatic carbocycles. The van der Waals surface area contributed by atoms with Gasteiger partial charge in [0.25, 0.3) is 0 Å². The van der Waals surface area contributed by atoms with E-state index in [1.54, 1.807) is 0 Å². The van der Waals surface area contributed by atoms with Gasteiger partial charge in [-0.25, -0.2) is 0 Å². The lowest BCUT2D eigenvalue weighted by Crippen LogP contribution is -2.14. The Morgan fingerprint density at radius 2 is 2.13 bits per heavy atom. The van der Waals surface area contributed by atoms with E-state index in [4.69, 9.17) is 5.73 Å². The summed E-state index contributed by atoms with van der Waals surface area (Å²) in [5.41, 5.74) is 4.08. The molecule has 0 spiro atoms. The standard InChI is InChI=1S/C9H11F3N2O/c10-9(11,12)7-5-14-4-2-6(7)8(15)1-3-13/h2,4-5,8,15H,1,3,13H2/t8-/m0/s1. The highest BCUT2D eigenvalue weighted by atomic mass is 19.4. The zero-order valence-corrected chi connectivity index (χ0v) is 7.83. The molecule has 0 aliphatic rings. The quantitative estimate of drug-likeness (QED) is 0.811. The number of aromatic nitrogens is 1. The van der Waals surface area contributed by atoms with Gasteiger partial charge in [0.1, 0.15) is 0 Å². The number of aliphatic hydroxyl groups excluding tert-OH is 1. The molecule has 15 heavy (non-hydrogen) atoms. The molecule has 0 bridgehead atoms. The Bertz CT molecular complexity index is 327. The predicted octanol–water partition coefficient (Wildman–Crippen LogP) is 1.48. The Balaban J connectivity index is 3.06. The van der Waals surface area contributed by atoms with Crippen LogP contribution in [0.5, 0.6) is 0 Å². The molecule has 0 aliphatic heterocycles. The summed E-state index contributed by atoms with van der Waals surface area (Å²) in [4.78, 5) is 3.39. The lowest BCUT2D eigenvalue weighted by molar-refractivity contribution is -0.139. The van der Waals surface area contributed by atoms with Gasteiger partial charge in [-0.1, -0.05) is 0 Å². The van der Waals surface area contributed by atoms with Crippen LogP contribution in [0.15, 0.2) is 18.5 Å². The fourth-order valence-electron chi connectivity index (χ4n) is 1.25. The number of hydrogen-bond acceptors (Lipinski definition) is 3. The van der Waals surface area contributed by atoms with Crippen molar-refractivity contribution in [2.45, 2.75) is 18.7 Å². The van der Waals surface area contributed by atoms with E-state index in [1.165, 1.54) is 6.20 Å². The second kappa shape index (κ2) is 4.59. The molecule has 0 radical (unpaired) electrons. The predicted molar refractivity (Wildman–Crippen MR) is 47.9 cm³/mol. The topological polar surface area (TPSA) is 59.1 Å². The molecule has 1 atom stereocenters. The van der Waals surface area contributed by atoms with Gasteiger partial charge in [-0.2, -0.15) is 13.2 Å². The van der Waals surface area contributed by atoms with Crippen LogP contribution in [0.2, 0.25) is 0 Å². The molecule has 0 aliphatic carbocycles. The van der Waals surface area contributed by atoms with Gasteiger partial charge in [0.2, 0.25) is 0 Å². The Morgan fingerprint density at radius 1 is 1.47 bits per heavy atom. The summed E-state index contributed by atoms with van der Waals surface area (Å²) in [6, 6.07) is 1.16. The fraction of sp³-hybridized carbons (Fsp3) is 0.444. The van der Waals surface area contributed by atoms with Gasteiger partial charge in [-0.3, -0.25) is 4.98 Å². The summed E-state index contributed by atoms with van der Waals surface area (Å²) in [6.07, 6.45) is -3.69. The number of rotatable bonds is 3. The molecule has 1 heterocycles. The first kappa shape index (κ1) is 11.9. The maximum atomic E-state index is 12.5. The van der Waals surface area contributed by atoms with Crippen LogP contribution in [0, 0.1) is 0 Å². The van der Waals surface area contributed by atoms with Crippen LogP contribution in [0.3, 0.4) is 0 Å². The molecule has 3 N–H and O–H groups in total. The molecular weight excluding hydrogens is 209 g/mol. The van der Waals surface area contributed by atoms with Gasteiger partial charge >= 0.3 is 6.18 Å². The second-order valence-electron chi connectivity index (χ2n) is 3.05. The first-order valence-electron chi connectivity index (χ1n) is 4.36. The van der Waals surface area contributed by atoms with Crippen molar-refractivity contribution in [2.75, 3.05) is 6.54 Å². The van der Waals surface area contributed by atoms with Crippen LogP contribution >= 0.6 is 0 Å². The number of alkyl halides is 3. The Labute approximate surface area is 84.7 Å². The van der Waals surface area contributed by atoms with Crippen LogP contribution in [0.4, 0.5) is 13.2 Å². The van der Waals surface area contributed by atoms with Crippen LogP contribution in [-0.2, 0) is 6.18 Å². The Kier molecular flexibility index (Phi) is 3.65. The third-order valence-electron chi connectivity index (χ3n) is 1.96. The number of nitrogens with zero attached hydrogens (tertiary/aromatic N) is 1. The van der Waals surface area contributed by atoms with Crippen LogP contribution in [0.1, 0.15) is 23.7 Å². The largest absolute Gasteiger partial charge is 0.418 e. The van der Waals surface area contributed by atoms with E-state index in [9.17, 15) is 18.3 Å². The molecule has 1 aromatic heterocycles. The zero-order chi connectivity index (χ0) is 11.5. The van der Waals surface area contributed by atoms with E-state index in [0.29, 0.717) is 6.20 Å². The summed E-state index contributed by atoms with van der Waals surface area (Å²) in [5, 5.41) is 9.46. The Hall–Kier alpha value is -1.14. The van der Waals surface area contributed by atoms with E-state index >= 15 is 0 Å². The van der Waals surface area contributed by atoms with Crippen LogP contribution in [-0.4, -0.2) is 16.6 Å². The van der Waals surface area contributed by atoms with E-state index in [2.05, 4.69) is 4.98 Å². The molecule has 1 aromatic rings. The van der Waals surface area contributed by atoms with Crippen molar-refractivity contribution in [1.82, 2.24) is 4.98 Å². The first-order chi connectivity index (χ1) is 6.96. The fourth-order valence-corrected chi connectivity index (χ4v) is 1.25. The number of nitrogens with two attached hydrogens (primary N) is 1. The van der Waals surface area contributed by atoms with Crippen molar-refractivity contribution in [1.29, 1.82) is 0 Å². The minimum Gasteiger partial charge on any atom is -0.388 e. The molecule has 1 rings (SSSR count). The van der Waals surface area contributed by atoms with Crippen molar-refractivity contribution >= 4 is 0 Å². The summed E-state index contributed by atoms with van der Waals surface area (Å²) in [6.45, 7) is 0.126. The van der Waals surface area contributed by atoms with E-state index in [1.807, 2.05) is 0 Å². The maximum absolute atomic E-state index is 12.5. The van der Waals surface area contributed by atoms with Crippen molar-refractivity contribution in [3.8, 4) is 0 Å². The van der Waals surface area contributed by atoms with Gasteiger partial charge in [-0.15, -0.1) is 0 Å². The molecule has 0 amide bonds. The van der Waals surface area contributed by atoms with Crippen molar-refractivity contribution < 1.29 is 18.3 Å². The highest BCUT2D eigenvalue weighted by Gasteiger charge is 2.34. The number of halogens is 3. The average molecular weight is 220 g/mol. The minimum absolute atomic E-state index is 0.0904. The summed E-state index contributed by atoms with van der Waals surface area (Å²) >= 11 is 0. The summed E-state index contributed by atoms with van der Waals surface area (Å²) in [7, 11) is 0. The van der Waals surface area contributed by atoms with Crippen molar-refractivity contribution in [2.24, 2.45) is 5.73 Å². The molecule has 0 fully saturated rings. The first-order valence-corrected chi connectivity index (χ1v) is 4.36. The number of pyridine rings is 1. The molecule has 84 valence electrons. The monoisotopic (exact) mass is 220 g/mol. The molecule has 0 saturated carbocycles. The van der Waals surface area contributed by atoms with Crippen LogP contribution < -0.4 is 5.73 Å². The van der Waals surface area contributed by atoms with E-state index < -0.39 is 17.8 Å². The van der Waals surface area contributed by atoms with Gasteiger partial charge < -0.3 is 10.8 Å². The maximum Gasteiger partial charge on any atom is 0.418 e. The van der Waals surface area contributed by atoms with E-state index in [0.717, 1.165) is 6.07 Å². The third kappa shape index (κ3) is 2.90. The van der Waals surface area contributed by atoms with Crippen molar-refractivity contribution in [3.05, 3.63) is 29.6 Å². The third-order valence-corrected chi connectivity index (χ3v) is 1.96. The number of aliphatic hydroxyl groups is 1. The van der Waals surface area contributed by atoms with Gasteiger partial charge in [-0.05, 0) is 24.6 Å². The average Bonchev–Trinajstić information content (AvgIpc) is 2.17. The summed E-state index contributed by atoms with van der Waals surface area (Å²) in [5.74, 6) is 0. The molecule has 0 unspecified atom stereocenters. The highest BCUT2D eigenvalue weighted by Crippen LogP contribution is 2.34. The minimum atomic E-state index is -4.50. The zero-order valence-electron chi connectivity index (χ0n) is 7.83. The summed E-state index contributed by atoms with van der Waals surface area (Å²) < 4.78 is 37.4. The Morgan fingerprint density at radius 3 is 2.67 bits per heavy atom. The molecule has 3 nitrogen and oxygen atoms in total. The molecule has 6 heteroatoms. The van der Waals surface area contributed by atoms with Crippen LogP contribution in [0.25, 0.3) is 0 Å². The SMILES string of the molecule is NCC[C@H](O)c1ccncc1C(F)(F)F. The van der Waals surface area contributed by atoms with E-state index in [-0.39, 0.29) is 18.5 Å². The van der Waals surface area contributed by atoms with Gasteiger partial charge in [0.05, 0.1) is 11.7 Å². The van der Waals surface area contributed by atoms with Gasteiger partial charge in [0, 0.05) is 12.4 Å². The number of hydrogen-bond donors (Lipinski definition) is 2. The van der Waals surface area contributed by atoms with Crippen molar-refractivity contribution in [3.63, 3.8) is 0 Å². The normalized spacial score (nSPS) is 13.9. The smallest absolute Gasteiger partial charge is 0.388 e. The molecule has 0 saturated heterocycles. The van der Waals surface area contributed by atoms with Gasteiger partial charge in [0.15, 0.2) is 0 Å². The molecular formula is C9H11F3N2O. The lowest BCUT2D eigenvalue weighted by Gasteiger charge is -2.16. The highest BCUT2D eigenvalue weighted by molar-refractivity contribution is 5.28.